The van der Waals surface area contributed by atoms with E-state index in [9.17, 15) is 8.42 Å². The van der Waals surface area contributed by atoms with Crippen LogP contribution in [0.3, 0.4) is 0 Å². The van der Waals surface area contributed by atoms with E-state index in [1.54, 1.807) is 12.1 Å². The predicted octanol–water partition coefficient (Wildman–Crippen LogP) is 1.86. The summed E-state index contributed by atoms with van der Waals surface area (Å²) in [4.78, 5) is 0.315. The number of hydrogen-bond acceptors (Lipinski definition) is 3. The molecule has 0 fully saturated rings. The molecule has 0 spiro atoms. The average Bonchev–Trinajstić information content (AvgIpc) is 2.37. The van der Waals surface area contributed by atoms with Crippen LogP contribution in [0.4, 0.5) is 0 Å². The van der Waals surface area contributed by atoms with Crippen molar-refractivity contribution in [3.63, 3.8) is 0 Å². The molecule has 0 radical (unpaired) electrons. The average molecular weight is 278 g/mol. The van der Waals surface area contributed by atoms with Crippen LogP contribution in [-0.2, 0) is 10.0 Å². The summed E-state index contributed by atoms with van der Waals surface area (Å²) in [6, 6.07) is 12.7. The molecule has 0 saturated carbocycles. The van der Waals surface area contributed by atoms with E-state index in [4.69, 9.17) is 5.73 Å². The highest BCUT2D eigenvalue weighted by Crippen LogP contribution is 2.22. The Kier molecular flexibility index (Phi) is 4.19. The van der Waals surface area contributed by atoms with Gasteiger partial charge in [-0.15, -0.1) is 0 Å². The minimum absolute atomic E-state index is 0.0183. The van der Waals surface area contributed by atoms with Crippen LogP contribution in [0.25, 0.3) is 10.8 Å². The first kappa shape index (κ1) is 14.0. The van der Waals surface area contributed by atoms with E-state index in [0.29, 0.717) is 17.9 Å². The van der Waals surface area contributed by atoms with Crippen LogP contribution in [0.2, 0.25) is 0 Å². The van der Waals surface area contributed by atoms with Gasteiger partial charge in [0, 0.05) is 18.0 Å². The van der Waals surface area contributed by atoms with Gasteiger partial charge in [-0.3, -0.25) is 0 Å². The SMILES string of the molecule is CC(N)CCNS(=O)(=O)c1cccc2ccccc12. The van der Waals surface area contributed by atoms with Crippen molar-refractivity contribution in [3.05, 3.63) is 42.5 Å². The Bertz CT molecular complexity index is 661. The molecule has 0 aromatic heterocycles. The first-order valence-corrected chi connectivity index (χ1v) is 7.72. The molecule has 0 amide bonds. The lowest BCUT2D eigenvalue weighted by molar-refractivity contribution is 0.572. The van der Waals surface area contributed by atoms with Gasteiger partial charge in [-0.25, -0.2) is 13.1 Å². The summed E-state index contributed by atoms with van der Waals surface area (Å²) >= 11 is 0. The molecule has 102 valence electrons. The largest absolute Gasteiger partial charge is 0.328 e. The van der Waals surface area contributed by atoms with Crippen LogP contribution in [0.15, 0.2) is 47.4 Å². The smallest absolute Gasteiger partial charge is 0.241 e. The summed E-state index contributed by atoms with van der Waals surface area (Å²) in [5, 5.41) is 1.65. The van der Waals surface area contributed by atoms with Crippen molar-refractivity contribution in [2.45, 2.75) is 24.3 Å². The van der Waals surface area contributed by atoms with Gasteiger partial charge in [-0.2, -0.15) is 0 Å². The number of nitrogens with two attached hydrogens (primary N) is 1. The fourth-order valence-corrected chi connectivity index (χ4v) is 3.20. The lowest BCUT2D eigenvalue weighted by Gasteiger charge is -2.10. The Morgan fingerprint density at radius 1 is 1.16 bits per heavy atom. The monoisotopic (exact) mass is 278 g/mol. The highest BCUT2D eigenvalue weighted by molar-refractivity contribution is 7.89. The van der Waals surface area contributed by atoms with Crippen LogP contribution in [-0.4, -0.2) is 21.0 Å². The van der Waals surface area contributed by atoms with Crippen LogP contribution in [0.5, 0.6) is 0 Å². The van der Waals surface area contributed by atoms with Crippen molar-refractivity contribution in [1.82, 2.24) is 4.72 Å². The fraction of sp³-hybridized carbons (Fsp3) is 0.286. The second-order valence-electron chi connectivity index (χ2n) is 4.64. The highest BCUT2D eigenvalue weighted by atomic mass is 32.2. The molecule has 4 nitrogen and oxygen atoms in total. The van der Waals surface area contributed by atoms with Gasteiger partial charge in [-0.1, -0.05) is 36.4 Å². The number of hydrogen-bond donors (Lipinski definition) is 2. The van der Waals surface area contributed by atoms with Gasteiger partial charge < -0.3 is 5.73 Å². The predicted molar refractivity (Wildman–Crippen MR) is 77.4 cm³/mol. The van der Waals surface area contributed by atoms with E-state index in [1.165, 1.54) is 0 Å². The number of sulfonamides is 1. The molecule has 0 saturated heterocycles. The van der Waals surface area contributed by atoms with Crippen molar-refractivity contribution >= 4 is 20.8 Å². The maximum atomic E-state index is 12.3. The van der Waals surface area contributed by atoms with Gasteiger partial charge in [-0.05, 0) is 24.8 Å². The van der Waals surface area contributed by atoms with Gasteiger partial charge >= 0.3 is 0 Å². The Labute approximate surface area is 113 Å². The summed E-state index contributed by atoms with van der Waals surface area (Å²) < 4.78 is 27.1. The highest BCUT2D eigenvalue weighted by Gasteiger charge is 2.16. The molecule has 2 rings (SSSR count). The van der Waals surface area contributed by atoms with Gasteiger partial charge in [0.2, 0.25) is 10.0 Å². The van der Waals surface area contributed by atoms with Crippen LogP contribution in [0, 0.1) is 0 Å². The zero-order valence-electron chi connectivity index (χ0n) is 10.8. The van der Waals surface area contributed by atoms with E-state index >= 15 is 0 Å². The molecule has 3 N–H and O–H groups in total. The molecule has 2 aromatic carbocycles. The van der Waals surface area contributed by atoms with E-state index in [2.05, 4.69) is 4.72 Å². The van der Waals surface area contributed by atoms with Crippen molar-refractivity contribution in [1.29, 1.82) is 0 Å². The van der Waals surface area contributed by atoms with Crippen LogP contribution < -0.4 is 10.5 Å². The zero-order chi connectivity index (χ0) is 13.9. The first-order chi connectivity index (χ1) is 9.00. The van der Waals surface area contributed by atoms with Crippen molar-refractivity contribution in [3.8, 4) is 0 Å². The van der Waals surface area contributed by atoms with Crippen molar-refractivity contribution in [2.24, 2.45) is 5.73 Å². The number of fused-ring (bicyclic) bond motifs is 1. The van der Waals surface area contributed by atoms with E-state index < -0.39 is 10.0 Å². The Hall–Kier alpha value is -1.43. The molecule has 0 heterocycles. The second-order valence-corrected chi connectivity index (χ2v) is 6.38. The second kappa shape index (κ2) is 5.69. The molecular weight excluding hydrogens is 260 g/mol. The molecule has 19 heavy (non-hydrogen) atoms. The Morgan fingerprint density at radius 2 is 1.84 bits per heavy atom. The van der Waals surface area contributed by atoms with E-state index in [0.717, 1.165) is 10.8 Å². The number of nitrogens with one attached hydrogen (secondary N) is 1. The standard InChI is InChI=1S/C14H18N2O2S/c1-11(15)9-10-16-19(17,18)14-8-4-6-12-5-2-3-7-13(12)14/h2-8,11,16H,9-10,15H2,1H3. The molecule has 0 bridgehead atoms. The van der Waals surface area contributed by atoms with Crippen molar-refractivity contribution in [2.75, 3.05) is 6.54 Å². The third-order valence-electron chi connectivity index (χ3n) is 2.93. The normalized spacial score (nSPS) is 13.6. The summed E-state index contributed by atoms with van der Waals surface area (Å²) in [6.07, 6.45) is 0.615. The van der Waals surface area contributed by atoms with Crippen LogP contribution in [0.1, 0.15) is 13.3 Å². The summed E-state index contributed by atoms with van der Waals surface area (Å²) in [6.45, 7) is 2.20. The minimum atomic E-state index is -3.49. The quantitative estimate of drug-likeness (QED) is 0.876. The van der Waals surface area contributed by atoms with E-state index in [-0.39, 0.29) is 6.04 Å². The summed E-state index contributed by atoms with van der Waals surface area (Å²) in [5.74, 6) is 0. The Balaban J connectivity index is 2.33. The lowest BCUT2D eigenvalue weighted by atomic mass is 10.1. The third kappa shape index (κ3) is 3.32. The molecule has 1 atom stereocenters. The molecule has 1 unspecified atom stereocenters. The zero-order valence-corrected chi connectivity index (χ0v) is 11.7. The van der Waals surface area contributed by atoms with Gasteiger partial charge in [0.05, 0.1) is 4.90 Å². The van der Waals surface area contributed by atoms with Gasteiger partial charge in [0.25, 0.3) is 0 Å². The number of benzene rings is 2. The fourth-order valence-electron chi connectivity index (χ4n) is 1.93. The first-order valence-electron chi connectivity index (χ1n) is 6.24. The Morgan fingerprint density at radius 3 is 2.58 bits per heavy atom. The molecule has 5 heteroatoms. The molecule has 0 aliphatic heterocycles. The molecule has 2 aromatic rings. The van der Waals surface area contributed by atoms with Crippen molar-refractivity contribution < 1.29 is 8.42 Å². The van der Waals surface area contributed by atoms with Gasteiger partial charge in [0.1, 0.15) is 0 Å². The lowest BCUT2D eigenvalue weighted by Crippen LogP contribution is -2.29. The van der Waals surface area contributed by atoms with Crippen LogP contribution >= 0.6 is 0 Å². The molecular formula is C14H18N2O2S. The maximum Gasteiger partial charge on any atom is 0.241 e. The summed E-state index contributed by atoms with van der Waals surface area (Å²) in [7, 11) is -3.49. The van der Waals surface area contributed by atoms with E-state index in [1.807, 2.05) is 37.3 Å². The van der Waals surface area contributed by atoms with Gasteiger partial charge in [0.15, 0.2) is 0 Å². The molecule has 0 aliphatic rings. The summed E-state index contributed by atoms with van der Waals surface area (Å²) in [5.41, 5.74) is 5.62. The third-order valence-corrected chi connectivity index (χ3v) is 4.45. The molecule has 0 aliphatic carbocycles. The number of rotatable bonds is 5. The maximum absolute atomic E-state index is 12.3. The minimum Gasteiger partial charge on any atom is -0.328 e. The topological polar surface area (TPSA) is 72.2 Å².